The lowest BCUT2D eigenvalue weighted by atomic mass is 10.00. The average Bonchev–Trinajstić information content (AvgIpc) is 0.792. The van der Waals surface area contributed by atoms with E-state index < -0.39 is 102 Å². The third-order valence-electron chi connectivity index (χ3n) is 19.9. The summed E-state index contributed by atoms with van der Waals surface area (Å²) in [7, 11) is -11.1. The molecule has 33 nitrogen and oxygen atoms in total. The second-order valence-corrected chi connectivity index (χ2v) is 36.7. The highest BCUT2D eigenvalue weighted by Gasteiger charge is 2.33. The smallest absolute Gasteiger partial charge is 0.253 e. The number of hydrogen-bond acceptors (Lipinski definition) is 21. The van der Waals surface area contributed by atoms with Crippen molar-refractivity contribution in [2.45, 2.75) is 212 Å². The highest BCUT2D eigenvalue weighted by Crippen LogP contribution is 2.24. The zero-order valence-electron chi connectivity index (χ0n) is 75.5. The van der Waals surface area contributed by atoms with Gasteiger partial charge in [0.1, 0.15) is 0 Å². The minimum Gasteiger partial charge on any atom is -0.390 e. The summed E-state index contributed by atoms with van der Waals surface area (Å²) >= 11 is 0. The normalized spacial score (nSPS) is 13.1. The Hall–Kier alpha value is -9.96. The van der Waals surface area contributed by atoms with E-state index in [0.29, 0.717) is 97.3 Å². The van der Waals surface area contributed by atoms with Crippen molar-refractivity contribution < 1.29 is 83.7 Å². The molecule has 0 saturated heterocycles. The SMILES string of the molecule is CCCN(CC(O)C(Cc1ccccc1)NC(=O)c1cc(C(=O)N(CCC)CCC)cc(S(N)(=O)=O)c1)NC(=O)C(C)C.CCCN(CCC)C(=O)c1cc(C(=O)NC(Cc2ccccc2)C(O)CN(C)NC(=O)C(C)C)cc(S(N)(=O)=O)c1.CCCN(CCC)C(=O)c1cc(C(=O)NC(Cc2ccccc2)C(O)CN(CC)NC(=O)C(C)C)cc(S(N)(=O)=O)c1. The van der Waals surface area contributed by atoms with Gasteiger partial charge in [-0.25, -0.2) is 55.7 Å². The largest absolute Gasteiger partial charge is 0.390 e. The number of aliphatic hydroxyl groups is 3. The molecule has 36 heteroatoms. The molecular weight excluding hydrogens is 1680 g/mol. The van der Waals surface area contributed by atoms with Crippen LogP contribution < -0.4 is 47.6 Å². The van der Waals surface area contributed by atoms with Crippen molar-refractivity contribution in [2.24, 2.45) is 33.2 Å². The van der Waals surface area contributed by atoms with Crippen molar-refractivity contribution >= 4 is 83.2 Å². The van der Waals surface area contributed by atoms with Crippen molar-refractivity contribution in [3.05, 3.63) is 196 Å². The Bertz CT molecular complexity index is 4850. The number of primary sulfonamides is 3. The van der Waals surface area contributed by atoms with Gasteiger partial charge in [-0.05, 0) is 135 Å². The predicted molar refractivity (Wildman–Crippen MR) is 486 cm³/mol. The molecule has 0 aliphatic carbocycles. The van der Waals surface area contributed by atoms with Gasteiger partial charge in [0.05, 0.1) is 51.1 Å². The fraction of sp³-hybridized carbons (Fsp3) is 0.500. The molecule has 0 spiro atoms. The van der Waals surface area contributed by atoms with Crippen LogP contribution in [0.4, 0.5) is 0 Å². The molecule has 126 heavy (non-hydrogen) atoms. The molecule has 0 fully saturated rings. The van der Waals surface area contributed by atoms with Gasteiger partial charge in [-0.2, -0.15) is 0 Å². The summed E-state index contributed by atoms with van der Waals surface area (Å²) in [5.41, 5.74) is 10.7. The molecule has 0 aromatic heterocycles. The van der Waals surface area contributed by atoms with Crippen LogP contribution in [0.2, 0.25) is 0 Å². The number of hydrogen-bond donors (Lipinski definition) is 12. The van der Waals surface area contributed by atoms with Crippen molar-refractivity contribution in [3.63, 3.8) is 0 Å². The molecule has 0 bridgehead atoms. The quantitative estimate of drug-likeness (QED) is 0.0172. The minimum atomic E-state index is -4.25. The van der Waals surface area contributed by atoms with E-state index in [9.17, 15) is 83.7 Å². The predicted octanol–water partition coefficient (Wildman–Crippen LogP) is 6.92. The lowest BCUT2D eigenvalue weighted by molar-refractivity contribution is -0.130. The standard InChI is InChI=1S/C31H47N5O6S.C30H45N5O6S.C29H43N5O6S/c1-6-14-35(15-7-2)31(40)25-18-24(19-26(20-25)43(32,41)42)30(39)33-27(17-23-12-10-9-11-13-23)28(37)21-36(16-8-3)34-29(38)22(4)5;1-6-14-34(15-7-2)30(39)24-17-23(18-25(19-24)42(31,40)41)29(38)32-26(16-22-12-10-9-11-13-22)27(36)20-35(8-3)33-28(37)21(4)5;1-6-13-34(14-7-2)29(38)23-16-22(17-24(18-23)41(30,39)40)28(37)31-25(15-21-11-9-8-10-12-21)26(35)19-33(5)32-27(36)20(3)4/h9-13,18-20,22,27-28,37H,6-8,14-17,21H2,1-5H3,(H,33,39)(H,34,38)(H2,32,41,42);9-13,17-19,21,26-27,36H,6-8,14-16,20H2,1-5H3,(H,32,38)(H,33,37)(H2,31,40,41);8-12,16-18,20,25-26,35H,6-7,13-15,19H2,1-5H3,(H,31,37)(H,32,36)(H2,30,39,40). The maximum absolute atomic E-state index is 13.6. The van der Waals surface area contributed by atoms with E-state index in [0.717, 1.165) is 34.9 Å². The topological polar surface area (TPSA) is 486 Å². The lowest BCUT2D eigenvalue weighted by Crippen LogP contribution is -2.54. The number of nitrogens with two attached hydrogens (primary N) is 3. The minimum absolute atomic E-state index is 0.000189. The van der Waals surface area contributed by atoms with Crippen LogP contribution in [0.3, 0.4) is 0 Å². The molecule has 0 aliphatic rings. The monoisotopic (exact) mass is 1810 g/mol. The molecular formula is C90H135N15O18S3. The van der Waals surface area contributed by atoms with Gasteiger partial charge >= 0.3 is 0 Å². The number of carbonyl (C=O) groups is 9. The molecule has 0 saturated carbocycles. The van der Waals surface area contributed by atoms with Crippen LogP contribution in [-0.4, -0.2) is 239 Å². The molecule has 0 heterocycles. The fourth-order valence-corrected chi connectivity index (χ4v) is 14.9. The van der Waals surface area contributed by atoms with E-state index >= 15 is 0 Å². The first-order valence-electron chi connectivity index (χ1n) is 43.0. The van der Waals surface area contributed by atoms with Gasteiger partial charge in [0.2, 0.25) is 47.8 Å². The summed E-state index contributed by atoms with van der Waals surface area (Å²) in [5.74, 6) is -4.65. The average molecular weight is 1810 g/mol. The number of hydrazine groups is 3. The molecule has 6 aromatic rings. The summed E-state index contributed by atoms with van der Waals surface area (Å²) in [6.07, 6.45) is 2.37. The van der Waals surface area contributed by atoms with Gasteiger partial charge in [-0.1, -0.05) is 188 Å². The second kappa shape index (κ2) is 53.6. The number of rotatable bonds is 48. The Morgan fingerprint density at radius 1 is 0.333 bits per heavy atom. The van der Waals surface area contributed by atoms with E-state index in [1.54, 1.807) is 73.3 Å². The van der Waals surface area contributed by atoms with Crippen LogP contribution in [0.25, 0.3) is 0 Å². The van der Waals surface area contributed by atoms with Crippen molar-refractivity contribution in [1.29, 1.82) is 0 Å². The maximum Gasteiger partial charge on any atom is 0.253 e. The number of carbonyl (C=O) groups excluding carboxylic acids is 9. The summed E-state index contributed by atoms with van der Waals surface area (Å²) in [6, 6.07) is 36.2. The lowest BCUT2D eigenvalue weighted by Gasteiger charge is -2.31. The molecule has 0 radical (unpaired) electrons. The highest BCUT2D eigenvalue weighted by atomic mass is 32.2. The number of aliphatic hydroxyl groups excluding tert-OH is 3. The first-order chi connectivity index (χ1) is 59.4. The number of amides is 9. The third kappa shape index (κ3) is 36.8. The van der Waals surface area contributed by atoms with E-state index in [-0.39, 0.29) is 122 Å². The van der Waals surface area contributed by atoms with Gasteiger partial charge < -0.3 is 46.0 Å². The number of nitrogens with one attached hydrogen (secondary N) is 6. The van der Waals surface area contributed by atoms with Gasteiger partial charge in [0.15, 0.2) is 0 Å². The Labute approximate surface area is 744 Å². The van der Waals surface area contributed by atoms with E-state index in [1.165, 1.54) is 41.4 Å². The van der Waals surface area contributed by atoms with Gasteiger partial charge in [0.25, 0.3) is 35.4 Å². The van der Waals surface area contributed by atoms with Gasteiger partial charge in [-0.15, -0.1) is 0 Å². The third-order valence-corrected chi connectivity index (χ3v) is 22.5. The van der Waals surface area contributed by atoms with Crippen LogP contribution in [0.5, 0.6) is 0 Å². The zero-order chi connectivity index (χ0) is 94.3. The summed E-state index contributed by atoms with van der Waals surface area (Å²) in [6.45, 7) is 29.7. The van der Waals surface area contributed by atoms with Crippen molar-refractivity contribution in [3.8, 4) is 0 Å². The second-order valence-electron chi connectivity index (χ2n) is 32.0. The molecule has 0 aliphatic heterocycles. The van der Waals surface area contributed by atoms with Crippen LogP contribution in [-0.2, 0) is 63.7 Å². The Morgan fingerprint density at radius 2 is 0.571 bits per heavy atom. The molecule has 9 amide bonds. The summed E-state index contributed by atoms with van der Waals surface area (Å²) in [5, 5.41) is 63.1. The van der Waals surface area contributed by atoms with Crippen molar-refractivity contribution in [2.75, 3.05) is 79.0 Å². The maximum atomic E-state index is 13.6. The molecule has 6 atom stereocenters. The fourth-order valence-electron chi connectivity index (χ4n) is 13.1. The number of sulfonamides is 3. The van der Waals surface area contributed by atoms with E-state index in [4.69, 9.17) is 15.4 Å². The first kappa shape index (κ1) is 108. The van der Waals surface area contributed by atoms with Crippen LogP contribution in [0.15, 0.2) is 160 Å². The molecule has 696 valence electrons. The number of nitrogens with zero attached hydrogens (tertiary/aromatic N) is 6. The van der Waals surface area contributed by atoms with Crippen LogP contribution in [0.1, 0.15) is 221 Å². The highest BCUT2D eigenvalue weighted by molar-refractivity contribution is 7.89. The molecule has 15 N–H and O–H groups in total. The van der Waals surface area contributed by atoms with Crippen molar-refractivity contribution in [1.82, 2.24) is 62.0 Å². The number of benzene rings is 6. The zero-order valence-corrected chi connectivity index (χ0v) is 78.0. The summed E-state index contributed by atoms with van der Waals surface area (Å²) < 4.78 is 73.8. The van der Waals surface area contributed by atoms with E-state index in [1.807, 2.05) is 146 Å². The molecule has 6 aromatic carbocycles. The Morgan fingerprint density at radius 3 is 0.817 bits per heavy atom. The van der Waals surface area contributed by atoms with Gasteiger partial charge in [0, 0.05) is 130 Å². The molecule has 6 unspecified atom stereocenters. The first-order valence-corrected chi connectivity index (χ1v) is 47.6. The number of likely N-dealkylation sites (N-methyl/N-ethyl adjacent to an activating group) is 2. The summed E-state index contributed by atoms with van der Waals surface area (Å²) in [4.78, 5) is 121. The van der Waals surface area contributed by atoms with E-state index in [2.05, 4.69) is 32.2 Å². The van der Waals surface area contributed by atoms with Crippen LogP contribution in [0, 0.1) is 17.8 Å². The molecule has 6 rings (SSSR count). The van der Waals surface area contributed by atoms with Gasteiger partial charge in [-0.3, -0.25) is 59.4 Å². The van der Waals surface area contributed by atoms with Crippen LogP contribution >= 0.6 is 0 Å². The Balaban J connectivity index is 0.000000396. The Kier molecular flexibility index (Phi) is 46.1.